The highest BCUT2D eigenvalue weighted by Crippen LogP contribution is 2.23. The van der Waals surface area contributed by atoms with Crippen LogP contribution in [0.1, 0.15) is 55.3 Å². The number of unbranched alkanes of at least 4 members (excludes halogenated alkanes) is 1. The fraction of sp³-hybridized carbons (Fsp3) is 0.238. The number of ether oxygens (including phenoxy) is 10. The summed E-state index contributed by atoms with van der Waals surface area (Å²) in [6.45, 7) is 3.08. The van der Waals surface area contributed by atoms with Crippen molar-refractivity contribution in [1.29, 1.82) is 0 Å². The Labute approximate surface area is 351 Å². The second-order valence-electron chi connectivity index (χ2n) is 13.4. The maximum absolute atomic E-state index is 12.6. The van der Waals surface area contributed by atoms with Crippen LogP contribution in [-0.4, -0.2) is 106 Å². The van der Waals surface area contributed by atoms with Crippen molar-refractivity contribution in [3.8, 4) is 46.0 Å². The predicted molar refractivity (Wildman–Crippen MR) is 209 cm³/mol. The molecule has 2 unspecified atom stereocenters. The lowest BCUT2D eigenvalue weighted by molar-refractivity contribution is 0.0704. The summed E-state index contributed by atoms with van der Waals surface area (Å²) >= 11 is 0. The van der Waals surface area contributed by atoms with Crippen molar-refractivity contribution >= 4 is 23.9 Å². The molecule has 2 aliphatic rings. The SMILES string of the molecule is O=C(Oc1ccc(OCCCCOc2ccc(OC(=O)c3nnc(C(=O)Oc4ccc(OCC5CO5)cc4)[nH]3)cc2)cc1)c1nnc(C(=O)Oc2ccc(OCC3CO3)cc2)[nH]1. The van der Waals surface area contributed by atoms with Crippen molar-refractivity contribution in [3.05, 3.63) is 120 Å². The molecule has 2 saturated heterocycles. The number of hydrogen-bond donors (Lipinski definition) is 2. The summed E-state index contributed by atoms with van der Waals surface area (Å²) < 4.78 is 54.1. The molecule has 0 spiro atoms. The van der Waals surface area contributed by atoms with Gasteiger partial charge in [-0.2, -0.15) is 0 Å². The minimum Gasteiger partial charge on any atom is -0.494 e. The van der Waals surface area contributed by atoms with Crippen LogP contribution in [0.5, 0.6) is 46.0 Å². The van der Waals surface area contributed by atoms with Gasteiger partial charge in [-0.1, -0.05) is 0 Å². The standard InChI is InChI=1S/C42H36N6O14/c49-39(35-43-37(47-45-35)41(51)61-31-15-7-27(8-16-31)55-21-33-23-57-33)59-29-11-3-25(4-12-29)53-19-1-2-20-54-26-5-13-30(14-6-26)60-40(50)36-44-38(48-46-36)42(52)62-32-17-9-28(10-18-32)56-22-34-24-58-34/h3-18,33-34H,1-2,19-24H2,(H,43,45,47)(H,44,46,48). The number of carbonyl (C=O) groups excluding carboxylic acids is 4. The monoisotopic (exact) mass is 848 g/mol. The van der Waals surface area contributed by atoms with Gasteiger partial charge in [0.25, 0.3) is 0 Å². The number of nitrogens with zero attached hydrogens (tertiary/aromatic N) is 4. The van der Waals surface area contributed by atoms with E-state index in [2.05, 4.69) is 30.4 Å². The van der Waals surface area contributed by atoms with Crippen LogP contribution in [0, 0.1) is 0 Å². The van der Waals surface area contributed by atoms with Crippen molar-refractivity contribution in [1.82, 2.24) is 30.4 Å². The second kappa shape index (κ2) is 19.5. The Morgan fingerprint density at radius 2 is 0.661 bits per heavy atom. The fourth-order valence-corrected chi connectivity index (χ4v) is 5.22. The number of hydrogen-bond acceptors (Lipinski definition) is 18. The van der Waals surface area contributed by atoms with Crippen LogP contribution in [0.25, 0.3) is 0 Å². The van der Waals surface area contributed by atoms with Crippen molar-refractivity contribution in [3.63, 3.8) is 0 Å². The number of rotatable bonds is 21. The first kappa shape index (κ1) is 40.9. The zero-order valence-corrected chi connectivity index (χ0v) is 32.6. The molecule has 0 radical (unpaired) electrons. The number of benzene rings is 4. The van der Waals surface area contributed by atoms with Crippen LogP contribution < -0.4 is 37.9 Å². The van der Waals surface area contributed by atoms with Crippen LogP contribution >= 0.6 is 0 Å². The summed E-state index contributed by atoms with van der Waals surface area (Å²) in [6.07, 6.45) is 1.60. The minimum absolute atomic E-state index is 0.118. The molecule has 0 aliphatic carbocycles. The molecule has 318 valence electrons. The Morgan fingerprint density at radius 3 is 0.919 bits per heavy atom. The molecule has 8 rings (SSSR count). The van der Waals surface area contributed by atoms with Gasteiger partial charge in [0, 0.05) is 0 Å². The van der Waals surface area contributed by atoms with Crippen LogP contribution in [0.4, 0.5) is 0 Å². The van der Waals surface area contributed by atoms with Crippen molar-refractivity contribution in [2.24, 2.45) is 0 Å². The number of aromatic nitrogens is 6. The minimum atomic E-state index is -0.853. The van der Waals surface area contributed by atoms with E-state index in [0.717, 1.165) is 0 Å². The number of aromatic amines is 2. The first-order valence-corrected chi connectivity index (χ1v) is 19.2. The van der Waals surface area contributed by atoms with E-state index in [4.69, 9.17) is 47.4 Å². The third kappa shape index (κ3) is 11.9. The fourth-order valence-electron chi connectivity index (χ4n) is 5.22. The molecule has 4 aromatic carbocycles. The van der Waals surface area contributed by atoms with E-state index in [0.29, 0.717) is 75.5 Å². The highest BCUT2D eigenvalue weighted by molar-refractivity contribution is 5.92. The molecule has 20 nitrogen and oxygen atoms in total. The second-order valence-corrected chi connectivity index (χ2v) is 13.4. The molecule has 0 bridgehead atoms. The van der Waals surface area contributed by atoms with E-state index in [1.165, 1.54) is 0 Å². The lowest BCUT2D eigenvalue weighted by atomic mass is 10.3. The first-order valence-electron chi connectivity index (χ1n) is 19.2. The van der Waals surface area contributed by atoms with Crippen LogP contribution in [0.15, 0.2) is 97.1 Å². The molecule has 4 heterocycles. The van der Waals surface area contributed by atoms with Gasteiger partial charge in [-0.05, 0) is 110 Å². The van der Waals surface area contributed by atoms with Gasteiger partial charge in [0.15, 0.2) is 0 Å². The van der Waals surface area contributed by atoms with Crippen molar-refractivity contribution in [2.75, 3.05) is 39.6 Å². The molecule has 2 atom stereocenters. The predicted octanol–water partition coefficient (Wildman–Crippen LogP) is 4.59. The van der Waals surface area contributed by atoms with Crippen LogP contribution in [0.3, 0.4) is 0 Å². The summed E-state index contributed by atoms with van der Waals surface area (Å²) in [7, 11) is 0. The van der Waals surface area contributed by atoms with Gasteiger partial charge in [0.05, 0.1) is 26.4 Å². The van der Waals surface area contributed by atoms with Gasteiger partial charge in [0.1, 0.15) is 71.4 Å². The average Bonchev–Trinajstić information content (AvgIpc) is 4.20. The van der Waals surface area contributed by atoms with Crippen molar-refractivity contribution in [2.45, 2.75) is 25.0 Å². The molecular weight excluding hydrogens is 812 g/mol. The third-order valence-corrected chi connectivity index (χ3v) is 8.64. The molecule has 20 heteroatoms. The van der Waals surface area contributed by atoms with Crippen LogP contribution in [0.2, 0.25) is 0 Å². The largest absolute Gasteiger partial charge is 0.494 e. The van der Waals surface area contributed by atoms with Gasteiger partial charge < -0.3 is 57.3 Å². The Balaban J connectivity index is 0.690. The molecule has 2 fully saturated rings. The van der Waals surface area contributed by atoms with E-state index in [9.17, 15) is 19.2 Å². The number of epoxide rings is 2. The number of nitrogens with one attached hydrogen (secondary N) is 2. The molecule has 2 aromatic heterocycles. The molecular formula is C42H36N6O14. The Morgan fingerprint density at radius 1 is 0.419 bits per heavy atom. The van der Waals surface area contributed by atoms with E-state index < -0.39 is 23.9 Å². The van der Waals surface area contributed by atoms with E-state index in [1.807, 2.05) is 0 Å². The molecule has 6 aromatic rings. The quantitative estimate of drug-likeness (QED) is 0.0435. The van der Waals surface area contributed by atoms with E-state index in [-0.39, 0.29) is 58.5 Å². The summed E-state index contributed by atoms with van der Waals surface area (Å²) in [5.41, 5.74) is 0. The van der Waals surface area contributed by atoms with Gasteiger partial charge in [-0.15, -0.1) is 20.4 Å². The third-order valence-electron chi connectivity index (χ3n) is 8.64. The molecule has 0 amide bonds. The van der Waals surface area contributed by atoms with Gasteiger partial charge in [0.2, 0.25) is 23.3 Å². The first-order chi connectivity index (χ1) is 30.3. The van der Waals surface area contributed by atoms with Crippen LogP contribution in [-0.2, 0) is 9.47 Å². The molecule has 62 heavy (non-hydrogen) atoms. The highest BCUT2D eigenvalue weighted by Gasteiger charge is 2.25. The summed E-state index contributed by atoms with van der Waals surface area (Å²) in [6, 6.07) is 25.7. The lowest BCUT2D eigenvalue weighted by Gasteiger charge is -2.09. The zero-order chi connectivity index (χ0) is 42.7. The van der Waals surface area contributed by atoms with Gasteiger partial charge in [-0.25, -0.2) is 19.2 Å². The van der Waals surface area contributed by atoms with E-state index in [1.54, 1.807) is 97.1 Å². The summed E-state index contributed by atoms with van der Waals surface area (Å²) in [4.78, 5) is 55.3. The Kier molecular flexibility index (Phi) is 12.9. The van der Waals surface area contributed by atoms with Gasteiger partial charge in [-0.3, -0.25) is 0 Å². The molecule has 2 N–H and O–H groups in total. The Hall–Kier alpha value is -7.84. The average molecular weight is 849 g/mol. The maximum atomic E-state index is 12.6. The summed E-state index contributed by atoms with van der Waals surface area (Å²) in [5, 5.41) is 14.8. The number of esters is 4. The zero-order valence-electron chi connectivity index (χ0n) is 32.6. The normalized spacial score (nSPS) is 14.8. The molecule has 2 aliphatic heterocycles. The number of carbonyl (C=O) groups is 4. The Bertz CT molecular complexity index is 2290. The smallest absolute Gasteiger partial charge is 0.381 e. The topological polar surface area (TPSA) is 250 Å². The van der Waals surface area contributed by atoms with Crippen molar-refractivity contribution < 1.29 is 66.5 Å². The highest BCUT2D eigenvalue weighted by atomic mass is 16.6. The summed E-state index contributed by atoms with van der Waals surface area (Å²) in [5.74, 6) is -1.22. The van der Waals surface area contributed by atoms with E-state index >= 15 is 0 Å². The maximum Gasteiger partial charge on any atom is 0.381 e. The number of H-pyrrole nitrogens is 2. The lowest BCUT2D eigenvalue weighted by Crippen LogP contribution is -2.13. The molecule has 0 saturated carbocycles. The van der Waals surface area contributed by atoms with Gasteiger partial charge >= 0.3 is 23.9 Å².